The third-order valence-corrected chi connectivity index (χ3v) is 1.91. The molecule has 0 unspecified atom stereocenters. The van der Waals surface area contributed by atoms with Crippen molar-refractivity contribution in [1.82, 2.24) is 10.2 Å². The molecule has 0 amide bonds. The fourth-order valence-corrected chi connectivity index (χ4v) is 0.938. The lowest BCUT2D eigenvalue weighted by atomic mass is 10.3. The van der Waals surface area contributed by atoms with Gasteiger partial charge in [-0.25, -0.2) is 0 Å². The Morgan fingerprint density at radius 3 is 2.83 bits per heavy atom. The van der Waals surface area contributed by atoms with Gasteiger partial charge in [-0.05, 0) is 0 Å². The van der Waals surface area contributed by atoms with Crippen molar-refractivity contribution in [2.75, 3.05) is 0 Å². The molecule has 0 spiro atoms. The van der Waals surface area contributed by atoms with Gasteiger partial charge in [0.25, 0.3) is 0 Å². The zero-order valence-corrected chi connectivity index (χ0v) is 7.91. The number of hydrogen-bond acceptors (Lipinski definition) is 4. The van der Waals surface area contributed by atoms with Crippen LogP contribution < -0.4 is 0 Å². The Kier molecular flexibility index (Phi) is 2.80. The van der Waals surface area contributed by atoms with Gasteiger partial charge in [-0.15, -0.1) is 10.2 Å². The molecule has 66 valence electrons. The van der Waals surface area contributed by atoms with Crippen molar-refractivity contribution in [3.05, 3.63) is 11.8 Å². The lowest BCUT2D eigenvalue weighted by molar-refractivity contribution is -0.136. The first kappa shape index (κ1) is 9.18. The monoisotopic (exact) mass is 234 g/mol. The molecule has 0 aromatic carbocycles. The number of carboxylic acids is 1. The van der Waals surface area contributed by atoms with Gasteiger partial charge < -0.3 is 9.52 Å². The quantitative estimate of drug-likeness (QED) is 0.783. The van der Waals surface area contributed by atoms with Gasteiger partial charge in [-0.1, -0.05) is 15.9 Å². The molecule has 1 N–H and O–H groups in total. The number of hydrogen-bond donors (Lipinski definition) is 1. The van der Waals surface area contributed by atoms with Crippen molar-refractivity contribution in [3.8, 4) is 0 Å². The molecular weight excluding hydrogens is 228 g/mol. The van der Waals surface area contributed by atoms with E-state index in [-0.39, 0.29) is 6.42 Å². The molecule has 0 aliphatic carbocycles. The van der Waals surface area contributed by atoms with E-state index in [0.717, 1.165) is 0 Å². The normalized spacial score (nSPS) is 12.8. The second-order valence-electron chi connectivity index (χ2n) is 2.22. The molecule has 0 saturated carbocycles. The number of halogens is 1. The summed E-state index contributed by atoms with van der Waals surface area (Å²) < 4.78 is 4.99. The third-order valence-electron chi connectivity index (χ3n) is 1.19. The van der Waals surface area contributed by atoms with E-state index in [1.165, 1.54) is 0 Å². The highest BCUT2D eigenvalue weighted by Crippen LogP contribution is 2.08. The van der Waals surface area contributed by atoms with Crippen LogP contribution in [0.1, 0.15) is 11.8 Å². The van der Waals surface area contributed by atoms with Crippen LogP contribution in [-0.4, -0.2) is 26.1 Å². The van der Waals surface area contributed by atoms with Crippen molar-refractivity contribution in [2.45, 2.75) is 18.2 Å². The molecule has 0 saturated heterocycles. The lowest BCUT2D eigenvalue weighted by Gasteiger charge is -1.97. The van der Waals surface area contributed by atoms with Crippen LogP contribution in [0.2, 0.25) is 0 Å². The molecule has 1 atom stereocenters. The van der Waals surface area contributed by atoms with E-state index in [0.29, 0.717) is 11.8 Å². The first-order chi connectivity index (χ1) is 5.59. The smallest absolute Gasteiger partial charge is 0.317 e. The van der Waals surface area contributed by atoms with Gasteiger partial charge in [0, 0.05) is 13.3 Å². The predicted molar refractivity (Wildman–Crippen MR) is 43.1 cm³/mol. The predicted octanol–water partition coefficient (Wildman–Crippen LogP) is 0.769. The van der Waals surface area contributed by atoms with Crippen molar-refractivity contribution in [1.29, 1.82) is 0 Å². The Hall–Kier alpha value is -0.910. The molecule has 6 heteroatoms. The van der Waals surface area contributed by atoms with E-state index in [1.807, 2.05) is 0 Å². The Balaban J connectivity index is 2.58. The van der Waals surface area contributed by atoms with Crippen LogP contribution >= 0.6 is 15.9 Å². The highest BCUT2D eigenvalue weighted by molar-refractivity contribution is 9.10. The van der Waals surface area contributed by atoms with Crippen LogP contribution in [0.15, 0.2) is 4.42 Å². The summed E-state index contributed by atoms with van der Waals surface area (Å²) in [6.07, 6.45) is 0.205. The Bertz CT molecular complexity index is 286. The average Bonchev–Trinajstić information content (AvgIpc) is 2.35. The highest BCUT2D eigenvalue weighted by atomic mass is 79.9. The number of nitrogens with zero attached hydrogens (tertiary/aromatic N) is 2. The number of aryl methyl sites for hydroxylation is 1. The molecule has 0 aliphatic rings. The van der Waals surface area contributed by atoms with E-state index in [1.54, 1.807) is 6.92 Å². The minimum absolute atomic E-state index is 0.205. The number of aliphatic carboxylic acids is 1. The second kappa shape index (κ2) is 3.66. The zero-order valence-electron chi connectivity index (χ0n) is 6.32. The third kappa shape index (κ3) is 2.30. The summed E-state index contributed by atoms with van der Waals surface area (Å²) in [7, 11) is 0. The first-order valence-electron chi connectivity index (χ1n) is 3.25. The molecule has 1 aromatic heterocycles. The molecule has 0 fully saturated rings. The van der Waals surface area contributed by atoms with Crippen molar-refractivity contribution < 1.29 is 14.3 Å². The standard InChI is InChI=1S/C6H7BrN2O3/c1-3-8-9-5(12-3)2-4(7)6(10)11/h4H,2H2,1H3,(H,10,11)/t4-/m1/s1. The second-order valence-corrected chi connectivity index (χ2v) is 3.33. The van der Waals surface area contributed by atoms with Crippen LogP contribution in [0.25, 0.3) is 0 Å². The van der Waals surface area contributed by atoms with E-state index >= 15 is 0 Å². The summed E-state index contributed by atoms with van der Waals surface area (Å²) in [5, 5.41) is 15.7. The van der Waals surface area contributed by atoms with Crippen LogP contribution in [-0.2, 0) is 11.2 Å². The topological polar surface area (TPSA) is 76.2 Å². The fraction of sp³-hybridized carbons (Fsp3) is 0.500. The zero-order chi connectivity index (χ0) is 9.14. The molecule has 1 aromatic rings. The summed E-state index contributed by atoms with van der Waals surface area (Å²) in [6, 6.07) is 0. The van der Waals surface area contributed by atoms with Crippen LogP contribution in [0.3, 0.4) is 0 Å². The van der Waals surface area contributed by atoms with E-state index in [2.05, 4.69) is 26.1 Å². The van der Waals surface area contributed by atoms with Gasteiger partial charge in [-0.3, -0.25) is 4.79 Å². The molecule has 5 nitrogen and oxygen atoms in total. The summed E-state index contributed by atoms with van der Waals surface area (Å²) in [5.41, 5.74) is 0. The van der Waals surface area contributed by atoms with Gasteiger partial charge in [0.1, 0.15) is 4.83 Å². The first-order valence-corrected chi connectivity index (χ1v) is 4.17. The highest BCUT2D eigenvalue weighted by Gasteiger charge is 2.16. The summed E-state index contributed by atoms with van der Waals surface area (Å²) >= 11 is 2.96. The summed E-state index contributed by atoms with van der Waals surface area (Å²) in [5.74, 6) is -0.169. The number of carboxylic acid groups (broad SMARTS) is 1. The van der Waals surface area contributed by atoms with Crippen LogP contribution in [0, 0.1) is 6.92 Å². The fourth-order valence-electron chi connectivity index (χ4n) is 0.661. The molecule has 0 bridgehead atoms. The SMILES string of the molecule is Cc1nnc(C[C@@H](Br)C(=O)O)o1. The molecule has 1 heterocycles. The summed E-state index contributed by atoms with van der Waals surface area (Å²) in [4.78, 5) is 9.70. The van der Waals surface area contributed by atoms with Gasteiger partial charge in [-0.2, -0.15) is 0 Å². The van der Waals surface area contributed by atoms with E-state index in [9.17, 15) is 4.79 Å². The number of alkyl halides is 1. The van der Waals surface area contributed by atoms with Gasteiger partial charge >= 0.3 is 5.97 Å². The van der Waals surface area contributed by atoms with Gasteiger partial charge in [0.15, 0.2) is 0 Å². The van der Waals surface area contributed by atoms with Crippen LogP contribution in [0.5, 0.6) is 0 Å². The van der Waals surface area contributed by atoms with Crippen molar-refractivity contribution in [3.63, 3.8) is 0 Å². The molecule has 0 aliphatic heterocycles. The minimum atomic E-state index is -0.939. The largest absolute Gasteiger partial charge is 0.480 e. The Morgan fingerprint density at radius 2 is 2.42 bits per heavy atom. The maximum atomic E-state index is 10.4. The molecule has 12 heavy (non-hydrogen) atoms. The van der Waals surface area contributed by atoms with Crippen LogP contribution in [0.4, 0.5) is 0 Å². The maximum absolute atomic E-state index is 10.4. The maximum Gasteiger partial charge on any atom is 0.317 e. The minimum Gasteiger partial charge on any atom is -0.480 e. The van der Waals surface area contributed by atoms with Crippen molar-refractivity contribution >= 4 is 21.9 Å². The average molecular weight is 235 g/mol. The van der Waals surface area contributed by atoms with Gasteiger partial charge in [0.05, 0.1) is 0 Å². The van der Waals surface area contributed by atoms with Crippen molar-refractivity contribution in [2.24, 2.45) is 0 Å². The van der Waals surface area contributed by atoms with E-state index in [4.69, 9.17) is 9.52 Å². The molecule has 1 rings (SSSR count). The number of aromatic nitrogens is 2. The number of carbonyl (C=O) groups is 1. The molecule has 0 radical (unpaired) electrons. The number of rotatable bonds is 3. The molecular formula is C6H7BrN2O3. The Labute approximate surface area is 76.9 Å². The van der Waals surface area contributed by atoms with Gasteiger partial charge in [0.2, 0.25) is 11.8 Å². The summed E-state index contributed by atoms with van der Waals surface area (Å²) in [6.45, 7) is 1.65. The van der Waals surface area contributed by atoms with E-state index < -0.39 is 10.8 Å². The lowest BCUT2D eigenvalue weighted by Crippen LogP contribution is -2.15. The Morgan fingerprint density at radius 1 is 1.75 bits per heavy atom.